The molecule has 0 N–H and O–H groups in total. The number of unbranched alkanes of at least 4 members (excludes halogenated alkanes) is 2. The van der Waals surface area contributed by atoms with Gasteiger partial charge < -0.3 is 4.57 Å². The Morgan fingerprint density at radius 1 is 1.23 bits per heavy atom. The predicted molar refractivity (Wildman–Crippen MR) is 58.4 cm³/mol. The van der Waals surface area contributed by atoms with Crippen molar-refractivity contribution in [2.45, 2.75) is 25.8 Å². The zero-order valence-corrected chi connectivity index (χ0v) is 8.54. The van der Waals surface area contributed by atoms with E-state index in [1.807, 2.05) is 12.3 Å². The highest BCUT2D eigenvalue weighted by Gasteiger charge is 1.92. The van der Waals surface area contributed by atoms with Crippen LogP contribution in [0.2, 0.25) is 0 Å². The summed E-state index contributed by atoms with van der Waals surface area (Å²) in [5.74, 6) is 0.934. The van der Waals surface area contributed by atoms with Gasteiger partial charge >= 0.3 is 0 Å². The third kappa shape index (κ3) is 3.68. The van der Waals surface area contributed by atoms with E-state index in [9.17, 15) is 4.79 Å². The first-order chi connectivity index (χ1) is 6.34. The van der Waals surface area contributed by atoms with Gasteiger partial charge in [-0.2, -0.15) is 12.6 Å². The monoisotopic (exact) mass is 197 g/mol. The minimum atomic E-state index is 0.0911. The summed E-state index contributed by atoms with van der Waals surface area (Å²) in [5.41, 5.74) is 0.0911. The maximum Gasteiger partial charge on any atom is 0.250 e. The lowest BCUT2D eigenvalue weighted by Crippen LogP contribution is -2.17. The van der Waals surface area contributed by atoms with Crippen LogP contribution in [0.1, 0.15) is 19.3 Å². The minimum absolute atomic E-state index is 0.0911. The zero-order valence-electron chi connectivity index (χ0n) is 7.65. The van der Waals surface area contributed by atoms with Gasteiger partial charge in [-0.3, -0.25) is 4.79 Å². The van der Waals surface area contributed by atoms with E-state index in [-0.39, 0.29) is 5.56 Å². The van der Waals surface area contributed by atoms with Crippen molar-refractivity contribution in [3.63, 3.8) is 0 Å². The van der Waals surface area contributed by atoms with Gasteiger partial charge in [0.2, 0.25) is 5.56 Å². The molecule has 0 aromatic carbocycles. The Hall–Kier alpha value is -0.700. The SMILES string of the molecule is O=c1ccccn1CCCCCS. The van der Waals surface area contributed by atoms with E-state index in [1.54, 1.807) is 16.7 Å². The van der Waals surface area contributed by atoms with E-state index < -0.39 is 0 Å². The summed E-state index contributed by atoms with van der Waals surface area (Å²) in [6.45, 7) is 0.827. The number of aryl methyl sites for hydroxylation is 1. The molecule has 0 spiro atoms. The molecule has 1 heterocycles. The molecule has 0 saturated heterocycles. The highest BCUT2D eigenvalue weighted by molar-refractivity contribution is 7.80. The molecule has 0 bridgehead atoms. The van der Waals surface area contributed by atoms with Crippen LogP contribution in [0.5, 0.6) is 0 Å². The third-order valence-electron chi connectivity index (χ3n) is 1.96. The van der Waals surface area contributed by atoms with Gasteiger partial charge in [0, 0.05) is 18.8 Å². The van der Waals surface area contributed by atoms with Crippen LogP contribution < -0.4 is 5.56 Å². The molecular weight excluding hydrogens is 182 g/mol. The first-order valence-electron chi connectivity index (χ1n) is 4.61. The van der Waals surface area contributed by atoms with Gasteiger partial charge in [0.05, 0.1) is 0 Å². The van der Waals surface area contributed by atoms with Crippen molar-refractivity contribution >= 4 is 12.6 Å². The van der Waals surface area contributed by atoms with Crippen LogP contribution in [0.3, 0.4) is 0 Å². The van der Waals surface area contributed by atoms with E-state index >= 15 is 0 Å². The highest BCUT2D eigenvalue weighted by atomic mass is 32.1. The number of thiol groups is 1. The molecule has 0 radical (unpaired) electrons. The average Bonchev–Trinajstić information content (AvgIpc) is 2.15. The third-order valence-corrected chi connectivity index (χ3v) is 2.27. The fourth-order valence-electron chi connectivity index (χ4n) is 1.22. The predicted octanol–water partition coefficient (Wildman–Crippen LogP) is 1.95. The molecule has 1 aromatic rings. The number of rotatable bonds is 5. The number of aromatic nitrogens is 1. The lowest BCUT2D eigenvalue weighted by molar-refractivity contribution is 0.589. The summed E-state index contributed by atoms with van der Waals surface area (Å²) in [7, 11) is 0. The van der Waals surface area contributed by atoms with E-state index in [4.69, 9.17) is 0 Å². The first-order valence-corrected chi connectivity index (χ1v) is 5.24. The number of hydrogen-bond donors (Lipinski definition) is 1. The van der Waals surface area contributed by atoms with E-state index in [1.165, 1.54) is 0 Å². The Bertz CT molecular complexity index is 295. The van der Waals surface area contributed by atoms with Gasteiger partial charge in [0.15, 0.2) is 0 Å². The molecule has 0 unspecified atom stereocenters. The molecule has 1 rings (SSSR count). The van der Waals surface area contributed by atoms with Crippen molar-refractivity contribution in [1.29, 1.82) is 0 Å². The zero-order chi connectivity index (χ0) is 9.52. The molecule has 0 atom stereocenters. The van der Waals surface area contributed by atoms with Gasteiger partial charge in [-0.1, -0.05) is 12.5 Å². The molecule has 1 aromatic heterocycles. The van der Waals surface area contributed by atoms with Crippen LogP contribution in [0, 0.1) is 0 Å². The van der Waals surface area contributed by atoms with Gasteiger partial charge in [-0.05, 0) is 24.7 Å². The van der Waals surface area contributed by atoms with Crippen molar-refractivity contribution in [1.82, 2.24) is 4.57 Å². The topological polar surface area (TPSA) is 22.0 Å². The quantitative estimate of drug-likeness (QED) is 0.565. The number of nitrogens with zero attached hydrogens (tertiary/aromatic N) is 1. The summed E-state index contributed by atoms with van der Waals surface area (Å²) >= 11 is 4.13. The molecule has 0 aliphatic heterocycles. The second-order valence-corrected chi connectivity index (χ2v) is 3.46. The maximum absolute atomic E-state index is 11.2. The highest BCUT2D eigenvalue weighted by Crippen LogP contribution is 1.98. The number of hydrogen-bond acceptors (Lipinski definition) is 2. The fraction of sp³-hybridized carbons (Fsp3) is 0.500. The van der Waals surface area contributed by atoms with Crippen LogP contribution in [0.25, 0.3) is 0 Å². The first kappa shape index (κ1) is 10.4. The lowest BCUT2D eigenvalue weighted by Gasteiger charge is -2.03. The summed E-state index contributed by atoms with van der Waals surface area (Å²) in [4.78, 5) is 11.2. The summed E-state index contributed by atoms with van der Waals surface area (Å²) in [6.07, 6.45) is 5.17. The average molecular weight is 197 g/mol. The largest absolute Gasteiger partial charge is 0.316 e. The molecule has 2 nitrogen and oxygen atoms in total. The van der Waals surface area contributed by atoms with Gasteiger partial charge in [0.1, 0.15) is 0 Å². The normalized spacial score (nSPS) is 10.2. The Morgan fingerprint density at radius 3 is 2.77 bits per heavy atom. The van der Waals surface area contributed by atoms with Crippen LogP contribution in [0.4, 0.5) is 0 Å². The Labute approximate surface area is 84.0 Å². The lowest BCUT2D eigenvalue weighted by atomic mass is 10.2. The second-order valence-electron chi connectivity index (χ2n) is 3.02. The molecule has 0 saturated carbocycles. The molecule has 13 heavy (non-hydrogen) atoms. The standard InChI is InChI=1S/C10H15NOS/c12-10-6-2-4-8-11(10)7-3-1-5-9-13/h2,4,6,8,13H,1,3,5,7,9H2. The molecule has 0 amide bonds. The van der Waals surface area contributed by atoms with Crippen LogP contribution in [-0.4, -0.2) is 10.3 Å². The summed E-state index contributed by atoms with van der Waals surface area (Å²) in [5, 5.41) is 0. The van der Waals surface area contributed by atoms with Crippen molar-refractivity contribution < 1.29 is 0 Å². The molecule has 0 aliphatic rings. The fourth-order valence-corrected chi connectivity index (χ4v) is 1.44. The smallest absolute Gasteiger partial charge is 0.250 e. The van der Waals surface area contributed by atoms with Gasteiger partial charge in [-0.15, -0.1) is 0 Å². The Morgan fingerprint density at radius 2 is 2.08 bits per heavy atom. The summed E-state index contributed by atoms with van der Waals surface area (Å²) in [6, 6.07) is 5.26. The van der Waals surface area contributed by atoms with Crippen molar-refractivity contribution in [2.75, 3.05) is 5.75 Å². The molecule has 0 fully saturated rings. The Kier molecular flexibility index (Phi) is 4.68. The molecule has 72 valence electrons. The number of pyridine rings is 1. The van der Waals surface area contributed by atoms with Crippen molar-refractivity contribution in [3.05, 3.63) is 34.7 Å². The molecular formula is C10H15NOS. The molecule has 0 aliphatic carbocycles. The van der Waals surface area contributed by atoms with Crippen LogP contribution in [0.15, 0.2) is 29.2 Å². The van der Waals surface area contributed by atoms with Gasteiger partial charge in [-0.25, -0.2) is 0 Å². The van der Waals surface area contributed by atoms with Crippen molar-refractivity contribution in [3.8, 4) is 0 Å². The molecule has 3 heteroatoms. The minimum Gasteiger partial charge on any atom is -0.316 e. The van der Waals surface area contributed by atoms with Crippen molar-refractivity contribution in [2.24, 2.45) is 0 Å². The van der Waals surface area contributed by atoms with Crippen LogP contribution >= 0.6 is 12.6 Å². The van der Waals surface area contributed by atoms with E-state index in [0.717, 1.165) is 31.6 Å². The van der Waals surface area contributed by atoms with Crippen LogP contribution in [-0.2, 0) is 6.54 Å². The van der Waals surface area contributed by atoms with E-state index in [2.05, 4.69) is 12.6 Å². The Balaban J connectivity index is 2.37. The second kappa shape index (κ2) is 5.86. The van der Waals surface area contributed by atoms with Gasteiger partial charge in [0.25, 0.3) is 0 Å². The maximum atomic E-state index is 11.2. The van der Waals surface area contributed by atoms with E-state index in [0.29, 0.717) is 0 Å². The summed E-state index contributed by atoms with van der Waals surface area (Å²) < 4.78 is 1.75.